The molecule has 0 aliphatic carbocycles. The lowest BCUT2D eigenvalue weighted by Crippen LogP contribution is -2.37. The van der Waals surface area contributed by atoms with Gasteiger partial charge >= 0.3 is 0 Å². The molecule has 0 saturated carbocycles. The van der Waals surface area contributed by atoms with Crippen LogP contribution in [0.3, 0.4) is 0 Å². The fourth-order valence-electron chi connectivity index (χ4n) is 2.01. The second kappa shape index (κ2) is 7.14. The van der Waals surface area contributed by atoms with Gasteiger partial charge in [-0.3, -0.25) is 10.8 Å². The van der Waals surface area contributed by atoms with Crippen LogP contribution in [0, 0.1) is 0 Å². The van der Waals surface area contributed by atoms with Crippen molar-refractivity contribution in [2.75, 3.05) is 6.54 Å². The second-order valence-corrected chi connectivity index (χ2v) is 4.90. The highest BCUT2D eigenvalue weighted by atomic mass is 16.3. The zero-order chi connectivity index (χ0) is 14.4. The lowest BCUT2D eigenvalue weighted by atomic mass is 10.1. The normalized spacial score (nSPS) is 12.6. The Balaban J connectivity index is 1.98. The molecule has 0 aliphatic rings. The highest BCUT2D eigenvalue weighted by Gasteiger charge is 2.07. The number of pyridine rings is 1. The van der Waals surface area contributed by atoms with Crippen LogP contribution in [0.25, 0.3) is 11.3 Å². The average molecular weight is 271 g/mol. The molecule has 20 heavy (non-hydrogen) atoms. The third-order valence-electron chi connectivity index (χ3n) is 3.22. The van der Waals surface area contributed by atoms with Crippen LogP contribution in [0.5, 0.6) is 0 Å². The molecule has 4 heteroatoms. The van der Waals surface area contributed by atoms with Crippen molar-refractivity contribution < 1.29 is 5.11 Å². The Morgan fingerprint density at radius 2 is 1.95 bits per heavy atom. The maximum Gasteiger partial charge on any atom is 0.0701 e. The lowest BCUT2D eigenvalue weighted by Gasteiger charge is -2.19. The van der Waals surface area contributed by atoms with E-state index in [1.807, 2.05) is 49.4 Å². The average Bonchev–Trinajstić information content (AvgIpc) is 2.48. The summed E-state index contributed by atoms with van der Waals surface area (Å²) in [5.41, 5.74) is 3.17. The number of hydrazine groups is 1. The molecule has 0 bridgehead atoms. The Labute approximate surface area is 119 Å². The highest BCUT2D eigenvalue weighted by molar-refractivity contribution is 5.58. The predicted octanol–water partition coefficient (Wildman–Crippen LogP) is 2.20. The number of hydrogen-bond donors (Lipinski definition) is 2. The van der Waals surface area contributed by atoms with Crippen LogP contribution in [-0.2, 0) is 6.54 Å². The van der Waals surface area contributed by atoms with Crippen LogP contribution >= 0.6 is 0 Å². The molecular formula is C16H21N3O. The molecule has 2 rings (SSSR count). The topological polar surface area (TPSA) is 62.4 Å². The van der Waals surface area contributed by atoms with E-state index in [1.54, 1.807) is 11.2 Å². The van der Waals surface area contributed by atoms with E-state index in [9.17, 15) is 5.11 Å². The minimum absolute atomic E-state index is 0.368. The molecule has 0 saturated heterocycles. The molecular weight excluding hydrogens is 250 g/mol. The molecule has 2 aromatic rings. The zero-order valence-electron chi connectivity index (χ0n) is 11.7. The van der Waals surface area contributed by atoms with Gasteiger partial charge in [-0.05, 0) is 24.1 Å². The van der Waals surface area contributed by atoms with E-state index in [2.05, 4.69) is 4.98 Å². The van der Waals surface area contributed by atoms with Gasteiger partial charge in [0.1, 0.15) is 0 Å². The smallest absolute Gasteiger partial charge is 0.0701 e. The summed E-state index contributed by atoms with van der Waals surface area (Å²) in [4.78, 5) is 4.32. The molecule has 106 valence electrons. The molecule has 3 N–H and O–H groups in total. The molecule has 1 aromatic carbocycles. The van der Waals surface area contributed by atoms with Crippen LogP contribution in [0.2, 0.25) is 0 Å². The summed E-state index contributed by atoms with van der Waals surface area (Å²) in [6, 6.07) is 14.0. The quantitative estimate of drug-likeness (QED) is 0.624. The van der Waals surface area contributed by atoms with Crippen LogP contribution < -0.4 is 5.84 Å². The van der Waals surface area contributed by atoms with Gasteiger partial charge in [0.25, 0.3) is 0 Å². The maximum absolute atomic E-state index is 9.57. The van der Waals surface area contributed by atoms with Crippen molar-refractivity contribution in [2.45, 2.75) is 26.0 Å². The van der Waals surface area contributed by atoms with Gasteiger partial charge < -0.3 is 5.11 Å². The Hall–Kier alpha value is -1.75. The van der Waals surface area contributed by atoms with Gasteiger partial charge in [-0.25, -0.2) is 5.01 Å². The first kappa shape index (κ1) is 14.7. The molecule has 1 heterocycles. The van der Waals surface area contributed by atoms with E-state index in [0.717, 1.165) is 16.8 Å². The third-order valence-corrected chi connectivity index (χ3v) is 3.22. The lowest BCUT2D eigenvalue weighted by molar-refractivity contribution is 0.106. The SMILES string of the molecule is CCC(O)CN(N)Cc1ccc(-c2ccccn2)cc1. The minimum Gasteiger partial charge on any atom is -0.392 e. The Morgan fingerprint density at radius 1 is 1.20 bits per heavy atom. The molecule has 0 spiro atoms. The summed E-state index contributed by atoms with van der Waals surface area (Å²) in [5, 5.41) is 11.2. The molecule has 1 unspecified atom stereocenters. The van der Waals surface area contributed by atoms with Gasteiger partial charge in [-0.1, -0.05) is 37.3 Å². The number of hydrogen-bond acceptors (Lipinski definition) is 4. The Kier molecular flexibility index (Phi) is 5.24. The monoisotopic (exact) mass is 271 g/mol. The van der Waals surface area contributed by atoms with Crippen LogP contribution in [0.1, 0.15) is 18.9 Å². The van der Waals surface area contributed by atoms with Crippen molar-refractivity contribution in [1.29, 1.82) is 0 Å². The van der Waals surface area contributed by atoms with Gasteiger partial charge in [0, 0.05) is 24.8 Å². The van der Waals surface area contributed by atoms with E-state index in [0.29, 0.717) is 19.5 Å². The first-order chi connectivity index (χ1) is 9.69. The van der Waals surface area contributed by atoms with E-state index in [1.165, 1.54) is 0 Å². The second-order valence-electron chi connectivity index (χ2n) is 4.90. The minimum atomic E-state index is -0.368. The van der Waals surface area contributed by atoms with E-state index < -0.39 is 0 Å². The van der Waals surface area contributed by atoms with Gasteiger partial charge in [0.15, 0.2) is 0 Å². The van der Waals surface area contributed by atoms with Gasteiger partial charge in [-0.15, -0.1) is 0 Å². The Morgan fingerprint density at radius 3 is 2.55 bits per heavy atom. The standard InChI is InChI=1S/C16H21N3O/c1-2-15(20)12-19(17)11-13-6-8-14(9-7-13)16-5-3-4-10-18-16/h3-10,15,20H,2,11-12,17H2,1H3. The van der Waals surface area contributed by atoms with Crippen LogP contribution in [0.15, 0.2) is 48.7 Å². The predicted molar refractivity (Wildman–Crippen MR) is 80.6 cm³/mol. The third kappa shape index (κ3) is 4.13. The van der Waals surface area contributed by atoms with Gasteiger partial charge in [0.05, 0.1) is 11.8 Å². The van der Waals surface area contributed by atoms with E-state index in [4.69, 9.17) is 5.84 Å². The summed E-state index contributed by atoms with van der Waals surface area (Å²) in [6.45, 7) is 3.05. The first-order valence-corrected chi connectivity index (χ1v) is 6.87. The summed E-state index contributed by atoms with van der Waals surface area (Å²) in [6.07, 6.45) is 2.14. The fourth-order valence-corrected chi connectivity index (χ4v) is 2.01. The number of rotatable bonds is 6. The zero-order valence-corrected chi connectivity index (χ0v) is 11.7. The van der Waals surface area contributed by atoms with Crippen LogP contribution in [-0.4, -0.2) is 27.7 Å². The summed E-state index contributed by atoms with van der Waals surface area (Å²) in [7, 11) is 0. The van der Waals surface area contributed by atoms with Crippen LogP contribution in [0.4, 0.5) is 0 Å². The number of aliphatic hydroxyl groups excluding tert-OH is 1. The van der Waals surface area contributed by atoms with Crippen molar-refractivity contribution in [2.24, 2.45) is 5.84 Å². The van der Waals surface area contributed by atoms with Crippen molar-refractivity contribution in [3.8, 4) is 11.3 Å². The molecule has 0 fully saturated rings. The molecule has 1 aromatic heterocycles. The maximum atomic E-state index is 9.57. The van der Waals surface area contributed by atoms with E-state index >= 15 is 0 Å². The summed E-state index contributed by atoms with van der Waals surface area (Å²) < 4.78 is 0. The number of aliphatic hydroxyl groups is 1. The highest BCUT2D eigenvalue weighted by Crippen LogP contribution is 2.17. The van der Waals surface area contributed by atoms with Gasteiger partial charge in [0.2, 0.25) is 0 Å². The van der Waals surface area contributed by atoms with Crippen molar-refractivity contribution >= 4 is 0 Å². The van der Waals surface area contributed by atoms with E-state index in [-0.39, 0.29) is 6.10 Å². The van der Waals surface area contributed by atoms with Gasteiger partial charge in [-0.2, -0.15) is 0 Å². The van der Waals surface area contributed by atoms with Crippen molar-refractivity contribution in [1.82, 2.24) is 9.99 Å². The number of aromatic nitrogens is 1. The first-order valence-electron chi connectivity index (χ1n) is 6.87. The molecule has 4 nitrogen and oxygen atoms in total. The molecule has 0 radical (unpaired) electrons. The number of benzene rings is 1. The largest absolute Gasteiger partial charge is 0.392 e. The van der Waals surface area contributed by atoms with Crippen molar-refractivity contribution in [3.05, 3.63) is 54.2 Å². The fraction of sp³-hybridized carbons (Fsp3) is 0.312. The molecule has 0 amide bonds. The number of nitrogens with zero attached hydrogens (tertiary/aromatic N) is 2. The molecule has 0 aliphatic heterocycles. The Bertz CT molecular complexity index is 513. The molecule has 1 atom stereocenters. The van der Waals surface area contributed by atoms with Crippen molar-refractivity contribution in [3.63, 3.8) is 0 Å². The summed E-state index contributed by atoms with van der Waals surface area (Å²) in [5.74, 6) is 5.89. The summed E-state index contributed by atoms with van der Waals surface area (Å²) >= 11 is 0. The number of nitrogens with two attached hydrogens (primary N) is 1.